The smallest absolute Gasteiger partial charge is 0.0593 e. The maximum absolute atomic E-state index is 9.20. The van der Waals surface area contributed by atoms with Crippen molar-refractivity contribution in [2.45, 2.75) is 38.4 Å². The second-order valence-corrected chi connectivity index (χ2v) is 2.90. The Morgan fingerprint density at radius 3 is 2.33 bits per heavy atom. The molecule has 1 fully saturated rings. The lowest BCUT2D eigenvalue weighted by molar-refractivity contribution is 0.0420. The van der Waals surface area contributed by atoms with Gasteiger partial charge in [0.1, 0.15) is 0 Å². The first-order chi connectivity index (χ1) is 4.22. The second kappa shape index (κ2) is 2.67. The summed E-state index contributed by atoms with van der Waals surface area (Å²) in [5, 5.41) is 18.3. The molecule has 1 rings (SSSR count). The number of aliphatic hydroxyl groups excluding tert-OH is 2. The van der Waals surface area contributed by atoms with E-state index in [0.29, 0.717) is 0 Å². The van der Waals surface area contributed by atoms with Crippen LogP contribution in [0, 0.1) is 5.92 Å². The highest BCUT2D eigenvalue weighted by atomic mass is 16.3. The van der Waals surface area contributed by atoms with E-state index in [0.717, 1.165) is 19.3 Å². The van der Waals surface area contributed by atoms with Gasteiger partial charge in [0.2, 0.25) is 0 Å². The number of rotatable bonds is 1. The molecule has 0 amide bonds. The van der Waals surface area contributed by atoms with Gasteiger partial charge >= 0.3 is 0 Å². The Bertz CT molecular complexity index is 90.9. The van der Waals surface area contributed by atoms with Crippen LogP contribution in [-0.2, 0) is 0 Å². The zero-order chi connectivity index (χ0) is 6.85. The number of aliphatic hydroxyl groups is 2. The molecule has 2 heteroatoms. The lowest BCUT2D eigenvalue weighted by Gasteiger charge is -2.16. The van der Waals surface area contributed by atoms with Gasteiger partial charge in [-0.05, 0) is 19.8 Å². The zero-order valence-electron chi connectivity index (χ0n) is 5.75. The number of hydrogen-bond donors (Lipinski definition) is 2. The molecular formula is C7H14O2. The van der Waals surface area contributed by atoms with E-state index in [-0.39, 0.29) is 18.1 Å². The van der Waals surface area contributed by atoms with Crippen molar-refractivity contribution in [3.63, 3.8) is 0 Å². The summed E-state index contributed by atoms with van der Waals surface area (Å²) in [6.45, 7) is 1.75. The molecule has 0 unspecified atom stereocenters. The molecule has 0 aromatic heterocycles. The standard InChI is InChI=1S/C7H14O2/c1-5(8)6-3-2-4-7(6)9/h5-9H,2-4H2,1H3/t5-,6-,7-/m0/s1. The van der Waals surface area contributed by atoms with Crippen LogP contribution < -0.4 is 0 Å². The summed E-state index contributed by atoms with van der Waals surface area (Å²) in [5.41, 5.74) is 0. The summed E-state index contributed by atoms with van der Waals surface area (Å²) >= 11 is 0. The molecule has 9 heavy (non-hydrogen) atoms. The Kier molecular flexibility index (Phi) is 2.09. The summed E-state index contributed by atoms with van der Waals surface area (Å²) in [6, 6.07) is 0. The minimum atomic E-state index is -0.331. The fourth-order valence-corrected chi connectivity index (χ4v) is 1.53. The summed E-state index contributed by atoms with van der Waals surface area (Å²) in [7, 11) is 0. The van der Waals surface area contributed by atoms with E-state index in [2.05, 4.69) is 0 Å². The normalized spacial score (nSPS) is 39.0. The third kappa shape index (κ3) is 1.43. The molecule has 1 aliphatic carbocycles. The van der Waals surface area contributed by atoms with E-state index >= 15 is 0 Å². The molecule has 0 aromatic rings. The molecule has 0 spiro atoms. The molecule has 0 bridgehead atoms. The molecule has 2 N–H and O–H groups in total. The molecule has 0 heterocycles. The minimum absolute atomic E-state index is 0.144. The predicted molar refractivity (Wildman–Crippen MR) is 35.0 cm³/mol. The van der Waals surface area contributed by atoms with E-state index in [9.17, 15) is 5.11 Å². The monoisotopic (exact) mass is 130 g/mol. The van der Waals surface area contributed by atoms with E-state index in [4.69, 9.17) is 5.11 Å². The molecule has 1 aliphatic rings. The van der Waals surface area contributed by atoms with Crippen LogP contribution in [0.4, 0.5) is 0 Å². The van der Waals surface area contributed by atoms with Crippen LogP contribution in [0.3, 0.4) is 0 Å². The second-order valence-electron chi connectivity index (χ2n) is 2.90. The average Bonchev–Trinajstić information content (AvgIpc) is 2.13. The first kappa shape index (κ1) is 7.03. The molecule has 0 aliphatic heterocycles. The Hall–Kier alpha value is -0.0800. The summed E-state index contributed by atoms with van der Waals surface area (Å²) < 4.78 is 0. The SMILES string of the molecule is C[C@H](O)[C@@H]1CCC[C@@H]1O. The van der Waals surface area contributed by atoms with Gasteiger partial charge in [0.05, 0.1) is 12.2 Å². The van der Waals surface area contributed by atoms with Gasteiger partial charge in [-0.15, -0.1) is 0 Å². The van der Waals surface area contributed by atoms with E-state index in [1.165, 1.54) is 0 Å². The lowest BCUT2D eigenvalue weighted by Crippen LogP contribution is -2.24. The van der Waals surface area contributed by atoms with Crippen molar-refractivity contribution < 1.29 is 10.2 Å². The Morgan fingerprint density at radius 2 is 2.11 bits per heavy atom. The average molecular weight is 130 g/mol. The maximum atomic E-state index is 9.20. The van der Waals surface area contributed by atoms with Crippen LogP contribution in [0.1, 0.15) is 26.2 Å². The van der Waals surface area contributed by atoms with Crippen molar-refractivity contribution in [1.82, 2.24) is 0 Å². The van der Waals surface area contributed by atoms with Gasteiger partial charge in [0.15, 0.2) is 0 Å². The van der Waals surface area contributed by atoms with Crippen molar-refractivity contribution in [1.29, 1.82) is 0 Å². The summed E-state index contributed by atoms with van der Waals surface area (Å²) in [6.07, 6.45) is 2.35. The van der Waals surface area contributed by atoms with Crippen molar-refractivity contribution in [3.05, 3.63) is 0 Å². The van der Waals surface area contributed by atoms with Gasteiger partial charge in [0.25, 0.3) is 0 Å². The lowest BCUT2D eigenvalue weighted by atomic mass is 10.0. The van der Waals surface area contributed by atoms with Gasteiger partial charge in [-0.3, -0.25) is 0 Å². The van der Waals surface area contributed by atoms with Crippen molar-refractivity contribution >= 4 is 0 Å². The molecule has 0 saturated heterocycles. The van der Waals surface area contributed by atoms with Crippen LogP contribution in [0.2, 0.25) is 0 Å². The van der Waals surface area contributed by atoms with E-state index in [1.54, 1.807) is 6.92 Å². The quantitative estimate of drug-likeness (QED) is 0.543. The minimum Gasteiger partial charge on any atom is -0.393 e. The summed E-state index contributed by atoms with van der Waals surface area (Å²) in [5.74, 6) is 0.144. The van der Waals surface area contributed by atoms with Crippen molar-refractivity contribution in [2.24, 2.45) is 5.92 Å². The van der Waals surface area contributed by atoms with Crippen LogP contribution >= 0.6 is 0 Å². The van der Waals surface area contributed by atoms with Gasteiger partial charge in [-0.2, -0.15) is 0 Å². The third-order valence-electron chi connectivity index (χ3n) is 2.15. The summed E-state index contributed by atoms with van der Waals surface area (Å²) in [4.78, 5) is 0. The fraction of sp³-hybridized carbons (Fsp3) is 1.00. The van der Waals surface area contributed by atoms with Crippen molar-refractivity contribution in [2.75, 3.05) is 0 Å². The molecule has 0 radical (unpaired) electrons. The maximum Gasteiger partial charge on any atom is 0.0593 e. The highest BCUT2D eigenvalue weighted by Gasteiger charge is 2.28. The van der Waals surface area contributed by atoms with Gasteiger partial charge in [-0.25, -0.2) is 0 Å². The van der Waals surface area contributed by atoms with E-state index in [1.807, 2.05) is 0 Å². The van der Waals surface area contributed by atoms with Crippen LogP contribution in [-0.4, -0.2) is 22.4 Å². The van der Waals surface area contributed by atoms with Crippen LogP contribution in [0.5, 0.6) is 0 Å². The first-order valence-electron chi connectivity index (χ1n) is 3.58. The topological polar surface area (TPSA) is 40.5 Å². The van der Waals surface area contributed by atoms with E-state index < -0.39 is 0 Å². The molecular weight excluding hydrogens is 116 g/mol. The largest absolute Gasteiger partial charge is 0.393 e. The fourth-order valence-electron chi connectivity index (χ4n) is 1.53. The number of hydrogen-bond acceptors (Lipinski definition) is 2. The zero-order valence-corrected chi connectivity index (χ0v) is 5.75. The molecule has 3 atom stereocenters. The van der Waals surface area contributed by atoms with Gasteiger partial charge in [0, 0.05) is 5.92 Å². The molecule has 0 aromatic carbocycles. The Balaban J connectivity index is 2.40. The third-order valence-corrected chi connectivity index (χ3v) is 2.15. The van der Waals surface area contributed by atoms with Crippen LogP contribution in [0.25, 0.3) is 0 Å². The molecule has 1 saturated carbocycles. The first-order valence-corrected chi connectivity index (χ1v) is 3.58. The van der Waals surface area contributed by atoms with Crippen LogP contribution in [0.15, 0.2) is 0 Å². The predicted octanol–water partition coefficient (Wildman–Crippen LogP) is 0.528. The van der Waals surface area contributed by atoms with Gasteiger partial charge < -0.3 is 10.2 Å². The van der Waals surface area contributed by atoms with Gasteiger partial charge in [-0.1, -0.05) is 6.42 Å². The highest BCUT2D eigenvalue weighted by Crippen LogP contribution is 2.27. The Labute approximate surface area is 55.5 Å². The highest BCUT2D eigenvalue weighted by molar-refractivity contribution is 4.79. The molecule has 54 valence electrons. The molecule has 2 nitrogen and oxygen atoms in total. The van der Waals surface area contributed by atoms with Crippen molar-refractivity contribution in [3.8, 4) is 0 Å². The Morgan fingerprint density at radius 1 is 1.44 bits per heavy atom.